The van der Waals surface area contributed by atoms with Gasteiger partial charge < -0.3 is 4.90 Å². The Labute approximate surface area is 89.0 Å². The van der Waals surface area contributed by atoms with Gasteiger partial charge in [-0.25, -0.2) is 0 Å². The van der Waals surface area contributed by atoms with Crippen LogP contribution in [-0.2, 0) is 0 Å². The van der Waals surface area contributed by atoms with E-state index in [4.69, 9.17) is 0 Å². The van der Waals surface area contributed by atoms with Gasteiger partial charge in [0.2, 0.25) is 0 Å². The van der Waals surface area contributed by atoms with E-state index in [9.17, 15) is 10.1 Å². The standard InChI is InChI=1S/C11H14N2O2/c1-4-9-8-10(13(14)15)6-7-11(9)12(3)5-2/h4,6-8H,1,5H2,2-3H3. The average Bonchev–Trinajstić information content (AvgIpc) is 2.27. The molecule has 0 atom stereocenters. The molecule has 0 spiro atoms. The number of nitrogens with zero attached hydrogens (tertiary/aromatic N) is 2. The van der Waals surface area contributed by atoms with Crippen molar-refractivity contribution < 1.29 is 4.92 Å². The molecule has 0 heterocycles. The first kappa shape index (κ1) is 11.2. The van der Waals surface area contributed by atoms with Crippen LogP contribution in [-0.4, -0.2) is 18.5 Å². The Kier molecular flexibility index (Phi) is 3.44. The Morgan fingerprint density at radius 1 is 1.60 bits per heavy atom. The lowest BCUT2D eigenvalue weighted by Crippen LogP contribution is -2.16. The summed E-state index contributed by atoms with van der Waals surface area (Å²) in [5.41, 5.74) is 1.84. The lowest BCUT2D eigenvalue weighted by molar-refractivity contribution is -0.384. The zero-order chi connectivity index (χ0) is 11.4. The molecule has 0 amide bonds. The van der Waals surface area contributed by atoms with Crippen LogP contribution in [0.3, 0.4) is 0 Å². The molecule has 0 bridgehead atoms. The molecule has 0 N–H and O–H groups in total. The highest BCUT2D eigenvalue weighted by Crippen LogP contribution is 2.25. The van der Waals surface area contributed by atoms with Gasteiger partial charge in [0.15, 0.2) is 0 Å². The highest BCUT2D eigenvalue weighted by Gasteiger charge is 2.10. The van der Waals surface area contributed by atoms with E-state index in [0.29, 0.717) is 0 Å². The lowest BCUT2D eigenvalue weighted by Gasteiger charge is -2.18. The molecule has 80 valence electrons. The zero-order valence-corrected chi connectivity index (χ0v) is 8.93. The molecule has 0 aromatic heterocycles. The van der Waals surface area contributed by atoms with Crippen molar-refractivity contribution in [3.8, 4) is 0 Å². The Morgan fingerprint density at radius 2 is 2.27 bits per heavy atom. The number of benzene rings is 1. The Morgan fingerprint density at radius 3 is 2.73 bits per heavy atom. The summed E-state index contributed by atoms with van der Waals surface area (Å²) >= 11 is 0. The fourth-order valence-corrected chi connectivity index (χ4v) is 1.34. The van der Waals surface area contributed by atoms with E-state index in [1.807, 2.05) is 18.9 Å². The minimum absolute atomic E-state index is 0.0955. The predicted molar refractivity (Wildman–Crippen MR) is 62.1 cm³/mol. The maximum absolute atomic E-state index is 10.6. The van der Waals surface area contributed by atoms with Crippen molar-refractivity contribution in [1.29, 1.82) is 0 Å². The first-order valence-electron chi connectivity index (χ1n) is 4.72. The number of hydrogen-bond donors (Lipinski definition) is 0. The minimum Gasteiger partial charge on any atom is -0.374 e. The zero-order valence-electron chi connectivity index (χ0n) is 8.93. The van der Waals surface area contributed by atoms with Gasteiger partial charge in [0.1, 0.15) is 0 Å². The van der Waals surface area contributed by atoms with Crippen molar-refractivity contribution in [2.75, 3.05) is 18.5 Å². The molecule has 15 heavy (non-hydrogen) atoms. The van der Waals surface area contributed by atoms with Crippen LogP contribution in [0.4, 0.5) is 11.4 Å². The molecular weight excluding hydrogens is 192 g/mol. The van der Waals surface area contributed by atoms with E-state index in [0.717, 1.165) is 17.8 Å². The maximum atomic E-state index is 10.6. The van der Waals surface area contributed by atoms with Crippen LogP contribution in [0, 0.1) is 10.1 Å². The van der Waals surface area contributed by atoms with Gasteiger partial charge in [0.05, 0.1) is 4.92 Å². The molecule has 1 aromatic carbocycles. The van der Waals surface area contributed by atoms with Crippen LogP contribution in [0.5, 0.6) is 0 Å². The minimum atomic E-state index is -0.400. The molecule has 4 heteroatoms. The summed E-state index contributed by atoms with van der Waals surface area (Å²) in [6.07, 6.45) is 1.63. The number of rotatable bonds is 4. The molecule has 1 aromatic rings. The summed E-state index contributed by atoms with van der Waals surface area (Å²) < 4.78 is 0. The quantitative estimate of drug-likeness (QED) is 0.562. The highest BCUT2D eigenvalue weighted by atomic mass is 16.6. The van der Waals surface area contributed by atoms with Crippen molar-refractivity contribution in [3.63, 3.8) is 0 Å². The summed E-state index contributed by atoms with van der Waals surface area (Å²) in [6, 6.07) is 4.79. The Bertz CT molecular complexity index is 388. The number of nitro benzene ring substituents is 1. The van der Waals surface area contributed by atoms with Crippen molar-refractivity contribution in [2.24, 2.45) is 0 Å². The topological polar surface area (TPSA) is 46.4 Å². The molecule has 0 aliphatic heterocycles. The van der Waals surface area contributed by atoms with Gasteiger partial charge in [-0.05, 0) is 13.0 Å². The highest BCUT2D eigenvalue weighted by molar-refractivity contribution is 5.69. The van der Waals surface area contributed by atoms with Gasteiger partial charge in [-0.15, -0.1) is 0 Å². The van der Waals surface area contributed by atoms with Crippen molar-refractivity contribution in [1.82, 2.24) is 0 Å². The summed E-state index contributed by atoms with van der Waals surface area (Å²) in [5.74, 6) is 0. The van der Waals surface area contributed by atoms with Crippen LogP contribution < -0.4 is 4.90 Å². The van der Waals surface area contributed by atoms with E-state index in [1.165, 1.54) is 12.1 Å². The number of hydrogen-bond acceptors (Lipinski definition) is 3. The number of nitro groups is 1. The second-order valence-corrected chi connectivity index (χ2v) is 3.22. The second kappa shape index (κ2) is 4.59. The maximum Gasteiger partial charge on any atom is 0.270 e. The first-order chi connectivity index (χ1) is 7.10. The third-order valence-electron chi connectivity index (χ3n) is 2.33. The van der Waals surface area contributed by atoms with Crippen LogP contribution in [0.15, 0.2) is 24.8 Å². The first-order valence-corrected chi connectivity index (χ1v) is 4.72. The van der Waals surface area contributed by atoms with E-state index in [1.54, 1.807) is 12.1 Å². The van der Waals surface area contributed by atoms with Gasteiger partial charge in [0, 0.05) is 37.0 Å². The predicted octanol–water partition coefficient (Wildman–Crippen LogP) is 2.69. The fraction of sp³-hybridized carbons (Fsp3) is 0.273. The van der Waals surface area contributed by atoms with Gasteiger partial charge in [-0.3, -0.25) is 10.1 Å². The number of anilines is 1. The van der Waals surface area contributed by atoms with Crippen molar-refractivity contribution in [2.45, 2.75) is 6.92 Å². The fourth-order valence-electron chi connectivity index (χ4n) is 1.34. The average molecular weight is 206 g/mol. The van der Waals surface area contributed by atoms with Crippen LogP contribution in [0.2, 0.25) is 0 Å². The number of non-ortho nitro benzene ring substituents is 1. The molecule has 0 aliphatic rings. The molecule has 1 rings (SSSR count). The van der Waals surface area contributed by atoms with E-state index >= 15 is 0 Å². The third kappa shape index (κ3) is 2.34. The smallest absolute Gasteiger partial charge is 0.270 e. The Balaban J connectivity index is 3.20. The van der Waals surface area contributed by atoms with Crippen molar-refractivity contribution >= 4 is 17.5 Å². The van der Waals surface area contributed by atoms with Gasteiger partial charge in [0.25, 0.3) is 5.69 Å². The Hall–Kier alpha value is -1.84. The van der Waals surface area contributed by atoms with E-state index < -0.39 is 4.92 Å². The summed E-state index contributed by atoms with van der Waals surface area (Å²) in [7, 11) is 1.94. The third-order valence-corrected chi connectivity index (χ3v) is 2.33. The van der Waals surface area contributed by atoms with Crippen molar-refractivity contribution in [3.05, 3.63) is 40.5 Å². The summed E-state index contributed by atoms with van der Waals surface area (Å²) in [5, 5.41) is 10.6. The van der Waals surface area contributed by atoms with Crippen LogP contribution in [0.25, 0.3) is 6.08 Å². The molecule has 0 fully saturated rings. The van der Waals surface area contributed by atoms with Crippen LogP contribution in [0.1, 0.15) is 12.5 Å². The normalized spacial score (nSPS) is 9.73. The molecular formula is C11H14N2O2. The second-order valence-electron chi connectivity index (χ2n) is 3.22. The molecule has 0 saturated carbocycles. The van der Waals surface area contributed by atoms with Gasteiger partial charge >= 0.3 is 0 Å². The summed E-state index contributed by atoms with van der Waals surface area (Å²) in [4.78, 5) is 12.2. The molecule has 0 aliphatic carbocycles. The molecule has 0 saturated heterocycles. The molecule has 0 unspecified atom stereocenters. The van der Waals surface area contributed by atoms with Gasteiger partial charge in [-0.1, -0.05) is 12.7 Å². The summed E-state index contributed by atoms with van der Waals surface area (Å²) in [6.45, 7) is 6.53. The SMILES string of the molecule is C=Cc1cc([N+](=O)[O-])ccc1N(C)CC. The lowest BCUT2D eigenvalue weighted by atomic mass is 10.1. The largest absolute Gasteiger partial charge is 0.374 e. The van der Waals surface area contributed by atoms with Crippen LogP contribution >= 0.6 is 0 Å². The monoisotopic (exact) mass is 206 g/mol. The van der Waals surface area contributed by atoms with E-state index in [2.05, 4.69) is 6.58 Å². The van der Waals surface area contributed by atoms with E-state index in [-0.39, 0.29) is 5.69 Å². The van der Waals surface area contributed by atoms with Gasteiger partial charge in [-0.2, -0.15) is 0 Å². The molecule has 0 radical (unpaired) electrons. The molecule has 4 nitrogen and oxygen atoms in total.